The number of hydrogen-bond donors (Lipinski definition) is 1. The van der Waals surface area contributed by atoms with Crippen LogP contribution in [0.2, 0.25) is 0 Å². The van der Waals surface area contributed by atoms with Crippen molar-refractivity contribution < 1.29 is 13.5 Å². The second-order valence-electron chi connectivity index (χ2n) is 4.78. The van der Waals surface area contributed by atoms with Crippen molar-refractivity contribution in [2.24, 2.45) is 5.73 Å². The van der Waals surface area contributed by atoms with Crippen LogP contribution in [0.1, 0.15) is 18.9 Å². The highest BCUT2D eigenvalue weighted by Crippen LogP contribution is 2.31. The van der Waals surface area contributed by atoms with Crippen LogP contribution in [-0.4, -0.2) is 6.04 Å². The lowest BCUT2D eigenvalue weighted by Crippen LogP contribution is -2.21. The minimum Gasteiger partial charge on any atom is -0.454 e. The monoisotopic (exact) mass is 355 g/mol. The Bertz CT molecular complexity index is 634. The molecule has 2 aromatic rings. The van der Waals surface area contributed by atoms with Gasteiger partial charge in [-0.05, 0) is 58.6 Å². The highest BCUT2D eigenvalue weighted by molar-refractivity contribution is 9.10. The first-order valence-electron chi connectivity index (χ1n) is 6.67. The highest BCUT2D eigenvalue weighted by Gasteiger charge is 2.14. The maximum absolute atomic E-state index is 14.0. The quantitative estimate of drug-likeness (QED) is 0.835. The summed E-state index contributed by atoms with van der Waals surface area (Å²) in [6, 6.07) is 8.86. The van der Waals surface area contributed by atoms with Crippen molar-refractivity contribution in [2.75, 3.05) is 0 Å². The van der Waals surface area contributed by atoms with Gasteiger partial charge in [-0.25, -0.2) is 8.78 Å². The molecule has 0 aliphatic rings. The molecule has 0 spiro atoms. The fourth-order valence-electron chi connectivity index (χ4n) is 1.91. The smallest absolute Gasteiger partial charge is 0.166 e. The summed E-state index contributed by atoms with van der Waals surface area (Å²) in [5.74, 6) is -0.361. The van der Waals surface area contributed by atoms with Crippen LogP contribution in [0.5, 0.6) is 11.5 Å². The van der Waals surface area contributed by atoms with Crippen LogP contribution in [0, 0.1) is 11.6 Å². The molecule has 21 heavy (non-hydrogen) atoms. The van der Waals surface area contributed by atoms with E-state index in [4.69, 9.17) is 10.5 Å². The summed E-state index contributed by atoms with van der Waals surface area (Å²) in [6.07, 6.45) is 1.31. The number of ether oxygens (including phenoxy) is 1. The van der Waals surface area contributed by atoms with E-state index >= 15 is 0 Å². The average molecular weight is 356 g/mol. The normalized spacial score (nSPS) is 12.2. The lowest BCUT2D eigenvalue weighted by Gasteiger charge is -2.15. The molecular formula is C16H16BrF2NO. The number of para-hydroxylation sites is 1. The lowest BCUT2D eigenvalue weighted by atomic mass is 10.0. The van der Waals surface area contributed by atoms with Crippen molar-refractivity contribution in [1.82, 2.24) is 0 Å². The van der Waals surface area contributed by atoms with Crippen LogP contribution in [0.4, 0.5) is 8.78 Å². The van der Waals surface area contributed by atoms with Crippen molar-refractivity contribution in [2.45, 2.75) is 25.8 Å². The molecule has 2 nitrogen and oxygen atoms in total. The summed E-state index contributed by atoms with van der Waals surface area (Å²) in [7, 11) is 0. The van der Waals surface area contributed by atoms with Crippen LogP contribution in [0.3, 0.4) is 0 Å². The Hall–Kier alpha value is -1.46. The molecule has 0 saturated carbocycles. The van der Waals surface area contributed by atoms with E-state index in [0.29, 0.717) is 17.7 Å². The van der Waals surface area contributed by atoms with Gasteiger partial charge in [0.2, 0.25) is 0 Å². The molecule has 1 atom stereocenters. The predicted octanol–water partition coefficient (Wildman–Crippen LogP) is 4.80. The number of halogens is 3. The Balaban J connectivity index is 2.31. The zero-order valence-corrected chi connectivity index (χ0v) is 13.2. The Kier molecular flexibility index (Phi) is 5.31. The van der Waals surface area contributed by atoms with Gasteiger partial charge >= 0.3 is 0 Å². The maximum atomic E-state index is 14.0. The summed E-state index contributed by atoms with van der Waals surface area (Å²) in [5.41, 5.74) is 6.63. The lowest BCUT2D eigenvalue weighted by molar-refractivity contribution is 0.432. The number of hydrogen-bond acceptors (Lipinski definition) is 2. The molecule has 2 N–H and O–H groups in total. The summed E-state index contributed by atoms with van der Waals surface area (Å²) < 4.78 is 33.1. The third-order valence-corrected chi connectivity index (χ3v) is 3.77. The first kappa shape index (κ1) is 15.9. The fraction of sp³-hybridized carbons (Fsp3) is 0.250. The topological polar surface area (TPSA) is 35.2 Å². The third kappa shape index (κ3) is 4.02. The molecule has 0 heterocycles. The highest BCUT2D eigenvalue weighted by atomic mass is 79.9. The standard InChI is InChI=1S/C16H16BrF2NO/c1-2-11(20)8-10-4-3-5-15(19)16(10)21-12-6-7-14(18)13(17)9-12/h3-7,9,11H,2,8,20H2,1H3. The molecule has 0 aliphatic carbocycles. The molecule has 0 bridgehead atoms. The predicted molar refractivity (Wildman–Crippen MR) is 82.5 cm³/mol. The average Bonchev–Trinajstić information content (AvgIpc) is 2.46. The molecule has 2 rings (SSSR count). The van der Waals surface area contributed by atoms with Gasteiger partial charge in [-0.3, -0.25) is 0 Å². The summed E-state index contributed by atoms with van der Waals surface area (Å²) in [5, 5.41) is 0. The molecule has 1 unspecified atom stereocenters. The summed E-state index contributed by atoms with van der Waals surface area (Å²) in [4.78, 5) is 0. The van der Waals surface area contributed by atoms with Crippen LogP contribution in [-0.2, 0) is 6.42 Å². The Morgan fingerprint density at radius 2 is 1.95 bits per heavy atom. The second kappa shape index (κ2) is 7.00. The molecular weight excluding hydrogens is 340 g/mol. The molecule has 2 aromatic carbocycles. The van der Waals surface area contributed by atoms with Gasteiger partial charge in [0.15, 0.2) is 11.6 Å². The molecule has 5 heteroatoms. The van der Waals surface area contributed by atoms with Crippen molar-refractivity contribution in [3.05, 3.63) is 58.1 Å². The van der Waals surface area contributed by atoms with Gasteiger partial charge in [-0.1, -0.05) is 19.1 Å². The molecule has 0 saturated heterocycles. The van der Waals surface area contributed by atoms with Gasteiger partial charge in [0.25, 0.3) is 0 Å². The second-order valence-corrected chi connectivity index (χ2v) is 5.63. The van der Waals surface area contributed by atoms with E-state index in [1.807, 2.05) is 6.92 Å². The van der Waals surface area contributed by atoms with Gasteiger partial charge in [-0.15, -0.1) is 0 Å². The van der Waals surface area contributed by atoms with Crippen LogP contribution < -0.4 is 10.5 Å². The first-order valence-corrected chi connectivity index (χ1v) is 7.46. The van der Waals surface area contributed by atoms with Gasteiger partial charge in [-0.2, -0.15) is 0 Å². The van der Waals surface area contributed by atoms with Crippen molar-refractivity contribution >= 4 is 15.9 Å². The van der Waals surface area contributed by atoms with E-state index in [1.165, 1.54) is 24.3 Å². The summed E-state index contributed by atoms with van der Waals surface area (Å²) >= 11 is 3.08. The van der Waals surface area contributed by atoms with E-state index in [1.54, 1.807) is 12.1 Å². The van der Waals surface area contributed by atoms with E-state index in [2.05, 4.69) is 15.9 Å². The number of rotatable bonds is 5. The maximum Gasteiger partial charge on any atom is 0.166 e. The molecule has 0 amide bonds. The molecule has 0 aliphatic heterocycles. The van der Waals surface area contributed by atoms with Gasteiger partial charge < -0.3 is 10.5 Å². The van der Waals surface area contributed by atoms with Gasteiger partial charge in [0.1, 0.15) is 11.6 Å². The van der Waals surface area contributed by atoms with Crippen LogP contribution >= 0.6 is 15.9 Å². The van der Waals surface area contributed by atoms with E-state index < -0.39 is 11.6 Å². The molecule has 0 radical (unpaired) electrons. The third-order valence-electron chi connectivity index (χ3n) is 3.17. The minimum atomic E-state index is -0.462. The fourth-order valence-corrected chi connectivity index (χ4v) is 2.27. The van der Waals surface area contributed by atoms with E-state index in [9.17, 15) is 8.78 Å². The van der Waals surface area contributed by atoms with Crippen molar-refractivity contribution in [3.8, 4) is 11.5 Å². The Morgan fingerprint density at radius 1 is 1.19 bits per heavy atom. The van der Waals surface area contributed by atoms with E-state index in [-0.39, 0.29) is 16.3 Å². The van der Waals surface area contributed by atoms with E-state index in [0.717, 1.165) is 6.42 Å². The van der Waals surface area contributed by atoms with Crippen molar-refractivity contribution in [1.29, 1.82) is 0 Å². The number of benzene rings is 2. The zero-order chi connectivity index (χ0) is 15.4. The first-order chi connectivity index (χ1) is 10.0. The summed E-state index contributed by atoms with van der Waals surface area (Å²) in [6.45, 7) is 1.97. The Labute approximate surface area is 131 Å². The van der Waals surface area contributed by atoms with Gasteiger partial charge in [0, 0.05) is 6.04 Å². The van der Waals surface area contributed by atoms with Crippen molar-refractivity contribution in [3.63, 3.8) is 0 Å². The minimum absolute atomic E-state index is 0.0610. The Morgan fingerprint density at radius 3 is 2.62 bits per heavy atom. The van der Waals surface area contributed by atoms with Gasteiger partial charge in [0.05, 0.1) is 4.47 Å². The SMILES string of the molecule is CCC(N)Cc1cccc(F)c1Oc1ccc(F)c(Br)c1. The van der Waals surface area contributed by atoms with Crippen LogP contribution in [0.25, 0.3) is 0 Å². The zero-order valence-electron chi connectivity index (χ0n) is 11.6. The molecule has 112 valence electrons. The largest absolute Gasteiger partial charge is 0.454 e. The molecule has 0 aromatic heterocycles. The number of nitrogens with two attached hydrogens (primary N) is 1. The van der Waals surface area contributed by atoms with Crippen LogP contribution in [0.15, 0.2) is 40.9 Å². The molecule has 0 fully saturated rings.